The average molecular weight is 307 g/mol. The summed E-state index contributed by atoms with van der Waals surface area (Å²) in [6.45, 7) is 1.91. The van der Waals surface area contributed by atoms with Crippen LogP contribution < -0.4 is 5.32 Å². The van der Waals surface area contributed by atoms with E-state index in [9.17, 15) is 14.7 Å². The lowest BCUT2D eigenvalue weighted by Crippen LogP contribution is -2.60. The number of carbonyl (C=O) groups excluding carboxylic acids is 1. The van der Waals surface area contributed by atoms with Gasteiger partial charge in [-0.05, 0) is 30.9 Å². The second kappa shape index (κ2) is 6.98. The molecule has 2 atom stereocenters. The maximum Gasteiger partial charge on any atom is 0.329 e. The first-order valence-corrected chi connectivity index (χ1v) is 8.25. The number of carboxylic acids is 1. The molecule has 1 saturated carbocycles. The van der Waals surface area contributed by atoms with Crippen LogP contribution in [0.15, 0.2) is 35.2 Å². The molecule has 0 bridgehead atoms. The Labute approximate surface area is 129 Å². The van der Waals surface area contributed by atoms with Crippen LogP contribution in [0.4, 0.5) is 0 Å². The second-order valence-corrected chi connectivity index (χ2v) is 6.62. The van der Waals surface area contributed by atoms with Crippen LogP contribution in [0, 0.1) is 5.92 Å². The largest absolute Gasteiger partial charge is 0.479 e. The molecule has 5 heteroatoms. The summed E-state index contributed by atoms with van der Waals surface area (Å²) >= 11 is 1.42. The average Bonchev–Trinajstić information content (AvgIpc) is 2.48. The van der Waals surface area contributed by atoms with Crippen molar-refractivity contribution in [2.24, 2.45) is 5.92 Å². The molecule has 0 radical (unpaired) electrons. The van der Waals surface area contributed by atoms with Crippen molar-refractivity contribution in [3.8, 4) is 0 Å². The van der Waals surface area contributed by atoms with Gasteiger partial charge >= 0.3 is 5.97 Å². The number of benzene rings is 1. The zero-order valence-corrected chi connectivity index (χ0v) is 13.0. The summed E-state index contributed by atoms with van der Waals surface area (Å²) in [6, 6.07) is 9.64. The van der Waals surface area contributed by atoms with E-state index in [1.165, 1.54) is 11.8 Å². The van der Waals surface area contributed by atoms with Crippen molar-refractivity contribution in [3.63, 3.8) is 0 Å². The highest BCUT2D eigenvalue weighted by Gasteiger charge is 2.46. The quantitative estimate of drug-likeness (QED) is 0.821. The highest BCUT2D eigenvalue weighted by Crippen LogP contribution is 2.34. The van der Waals surface area contributed by atoms with Gasteiger partial charge in [0.15, 0.2) is 0 Å². The van der Waals surface area contributed by atoms with E-state index in [2.05, 4.69) is 5.32 Å². The Morgan fingerprint density at radius 3 is 2.67 bits per heavy atom. The van der Waals surface area contributed by atoms with Gasteiger partial charge in [-0.2, -0.15) is 0 Å². The number of thioether (sulfide) groups is 1. The van der Waals surface area contributed by atoms with Gasteiger partial charge in [-0.25, -0.2) is 4.79 Å². The van der Waals surface area contributed by atoms with Crippen LogP contribution in [0.5, 0.6) is 0 Å². The molecule has 1 aliphatic carbocycles. The van der Waals surface area contributed by atoms with Crippen LogP contribution in [0.1, 0.15) is 32.6 Å². The summed E-state index contributed by atoms with van der Waals surface area (Å²) in [7, 11) is 0. The topological polar surface area (TPSA) is 66.4 Å². The zero-order chi connectivity index (χ0) is 15.3. The number of carboxylic acid groups (broad SMARTS) is 1. The van der Waals surface area contributed by atoms with Gasteiger partial charge in [0, 0.05) is 4.90 Å². The fourth-order valence-corrected chi connectivity index (χ4v) is 3.57. The standard InChI is InChI=1S/C16H21NO3S/c1-12-7-5-6-10-16(12,15(19)20)17-14(18)11-21-13-8-3-2-4-9-13/h2-4,8-9,12H,5-7,10-11H2,1H3,(H,17,18)(H,19,20). The smallest absolute Gasteiger partial charge is 0.329 e. The van der Waals surface area contributed by atoms with Crippen LogP contribution in [0.3, 0.4) is 0 Å². The van der Waals surface area contributed by atoms with Crippen LogP contribution in [-0.2, 0) is 9.59 Å². The molecule has 1 aromatic rings. The van der Waals surface area contributed by atoms with Crippen molar-refractivity contribution in [1.82, 2.24) is 5.32 Å². The van der Waals surface area contributed by atoms with E-state index >= 15 is 0 Å². The van der Waals surface area contributed by atoms with E-state index in [-0.39, 0.29) is 17.6 Å². The van der Waals surface area contributed by atoms with Crippen LogP contribution in [0.25, 0.3) is 0 Å². The molecule has 0 heterocycles. The number of rotatable bonds is 5. The maximum absolute atomic E-state index is 12.1. The minimum absolute atomic E-state index is 0.0329. The number of hydrogen-bond acceptors (Lipinski definition) is 3. The van der Waals surface area contributed by atoms with Gasteiger partial charge in [-0.1, -0.05) is 38.0 Å². The summed E-state index contributed by atoms with van der Waals surface area (Å²) in [5, 5.41) is 12.4. The summed E-state index contributed by atoms with van der Waals surface area (Å²) in [5.74, 6) is -0.909. The van der Waals surface area contributed by atoms with Crippen molar-refractivity contribution < 1.29 is 14.7 Å². The van der Waals surface area contributed by atoms with E-state index in [0.717, 1.165) is 24.2 Å². The lowest BCUT2D eigenvalue weighted by molar-refractivity contribution is -0.151. The predicted molar refractivity (Wildman–Crippen MR) is 83.3 cm³/mol. The van der Waals surface area contributed by atoms with Crippen molar-refractivity contribution in [3.05, 3.63) is 30.3 Å². The molecule has 2 rings (SSSR count). The molecule has 0 aliphatic heterocycles. The number of nitrogens with one attached hydrogen (secondary N) is 1. The molecule has 1 fully saturated rings. The molecule has 0 saturated heterocycles. The van der Waals surface area contributed by atoms with E-state index in [4.69, 9.17) is 0 Å². The zero-order valence-electron chi connectivity index (χ0n) is 12.2. The Kier molecular flexibility index (Phi) is 5.28. The molecule has 114 valence electrons. The second-order valence-electron chi connectivity index (χ2n) is 5.57. The monoisotopic (exact) mass is 307 g/mol. The van der Waals surface area contributed by atoms with Crippen LogP contribution in [0.2, 0.25) is 0 Å². The third-order valence-corrected chi connectivity index (χ3v) is 5.17. The van der Waals surface area contributed by atoms with Crippen LogP contribution >= 0.6 is 11.8 Å². The lowest BCUT2D eigenvalue weighted by atomic mass is 9.73. The highest BCUT2D eigenvalue weighted by atomic mass is 32.2. The molecule has 21 heavy (non-hydrogen) atoms. The van der Waals surface area contributed by atoms with Crippen molar-refractivity contribution >= 4 is 23.6 Å². The highest BCUT2D eigenvalue weighted by molar-refractivity contribution is 8.00. The van der Waals surface area contributed by atoms with E-state index in [1.807, 2.05) is 37.3 Å². The minimum Gasteiger partial charge on any atom is -0.479 e. The molecule has 0 aromatic heterocycles. The molecule has 1 aromatic carbocycles. The summed E-state index contributed by atoms with van der Waals surface area (Å²) in [6.07, 6.45) is 3.25. The Hall–Kier alpha value is -1.49. The number of aliphatic carboxylic acids is 1. The van der Waals surface area contributed by atoms with E-state index in [1.54, 1.807) is 0 Å². The van der Waals surface area contributed by atoms with Gasteiger partial charge in [0.05, 0.1) is 5.75 Å². The Balaban J connectivity index is 1.97. The third kappa shape index (κ3) is 3.79. The van der Waals surface area contributed by atoms with E-state index in [0.29, 0.717) is 6.42 Å². The number of carbonyl (C=O) groups is 2. The van der Waals surface area contributed by atoms with Gasteiger partial charge < -0.3 is 10.4 Å². The fraction of sp³-hybridized carbons (Fsp3) is 0.500. The molecular formula is C16H21NO3S. The predicted octanol–water partition coefficient (Wildman–Crippen LogP) is 2.93. The molecule has 1 amide bonds. The normalized spacial score (nSPS) is 25.3. The number of amides is 1. The Morgan fingerprint density at radius 1 is 1.33 bits per heavy atom. The molecule has 2 unspecified atom stereocenters. The first kappa shape index (κ1) is 15.9. The lowest BCUT2D eigenvalue weighted by Gasteiger charge is -2.39. The van der Waals surface area contributed by atoms with E-state index < -0.39 is 11.5 Å². The number of hydrogen-bond donors (Lipinski definition) is 2. The molecule has 4 nitrogen and oxygen atoms in total. The van der Waals surface area contributed by atoms with Crippen molar-refractivity contribution in [2.45, 2.75) is 43.0 Å². The molecule has 0 spiro atoms. The van der Waals surface area contributed by atoms with Crippen LogP contribution in [-0.4, -0.2) is 28.3 Å². The molecule has 1 aliphatic rings. The van der Waals surface area contributed by atoms with Gasteiger partial charge in [0.1, 0.15) is 5.54 Å². The maximum atomic E-state index is 12.1. The van der Waals surface area contributed by atoms with Gasteiger partial charge in [-0.15, -0.1) is 11.8 Å². The Bertz CT molecular complexity index is 506. The van der Waals surface area contributed by atoms with Gasteiger partial charge in [0.2, 0.25) is 5.91 Å². The molecule has 2 N–H and O–H groups in total. The third-order valence-electron chi connectivity index (χ3n) is 4.16. The molecular weight excluding hydrogens is 286 g/mol. The van der Waals surface area contributed by atoms with Crippen molar-refractivity contribution in [1.29, 1.82) is 0 Å². The fourth-order valence-electron chi connectivity index (χ4n) is 2.85. The van der Waals surface area contributed by atoms with Crippen molar-refractivity contribution in [2.75, 3.05) is 5.75 Å². The van der Waals surface area contributed by atoms with Gasteiger partial charge in [0.25, 0.3) is 0 Å². The summed E-state index contributed by atoms with van der Waals surface area (Å²) < 4.78 is 0. The SMILES string of the molecule is CC1CCCCC1(NC(=O)CSc1ccccc1)C(=O)O. The first-order chi connectivity index (χ1) is 10.0. The summed E-state index contributed by atoms with van der Waals surface area (Å²) in [5.41, 5.74) is -1.09. The first-order valence-electron chi connectivity index (χ1n) is 7.27. The summed E-state index contributed by atoms with van der Waals surface area (Å²) in [4.78, 5) is 24.8. The Morgan fingerprint density at radius 2 is 2.05 bits per heavy atom. The minimum atomic E-state index is -1.09. The van der Waals surface area contributed by atoms with Gasteiger partial charge in [-0.3, -0.25) is 4.79 Å².